The van der Waals surface area contributed by atoms with Crippen LogP contribution in [0.15, 0.2) is 6.07 Å². The maximum absolute atomic E-state index is 9.73. The molecule has 15 heavy (non-hydrogen) atoms. The maximum atomic E-state index is 9.73. The molecule has 0 aliphatic carbocycles. The highest BCUT2D eigenvalue weighted by molar-refractivity contribution is 5.09. The van der Waals surface area contributed by atoms with Crippen LogP contribution < -0.4 is 0 Å². The van der Waals surface area contributed by atoms with Gasteiger partial charge in [0.2, 0.25) is 0 Å². The highest BCUT2D eigenvalue weighted by atomic mass is 16.3. The Kier molecular flexibility index (Phi) is 4.33. The molecule has 3 heteroatoms. The Labute approximate surface area is 92.1 Å². The fourth-order valence-corrected chi connectivity index (χ4v) is 1.70. The Morgan fingerprint density at radius 3 is 2.67 bits per heavy atom. The second kappa shape index (κ2) is 5.31. The molecule has 1 rings (SSSR count). The van der Waals surface area contributed by atoms with E-state index in [4.69, 9.17) is 0 Å². The maximum Gasteiger partial charge on any atom is 0.0596 e. The van der Waals surface area contributed by atoms with Gasteiger partial charge in [0.25, 0.3) is 0 Å². The van der Waals surface area contributed by atoms with E-state index in [1.807, 2.05) is 25.5 Å². The number of hydrogen-bond donors (Lipinski definition) is 1. The van der Waals surface area contributed by atoms with Crippen molar-refractivity contribution in [3.63, 3.8) is 0 Å². The van der Waals surface area contributed by atoms with Crippen molar-refractivity contribution in [2.24, 2.45) is 5.92 Å². The van der Waals surface area contributed by atoms with E-state index in [0.29, 0.717) is 5.92 Å². The van der Waals surface area contributed by atoms with Crippen LogP contribution in [0.2, 0.25) is 0 Å². The molecule has 0 amide bonds. The second-order valence-corrected chi connectivity index (χ2v) is 4.44. The smallest absolute Gasteiger partial charge is 0.0596 e. The monoisotopic (exact) mass is 210 g/mol. The van der Waals surface area contributed by atoms with Gasteiger partial charge in [-0.2, -0.15) is 5.10 Å². The lowest BCUT2D eigenvalue weighted by atomic mass is 10.0. The van der Waals surface area contributed by atoms with Crippen molar-refractivity contribution in [1.29, 1.82) is 0 Å². The lowest BCUT2D eigenvalue weighted by molar-refractivity contribution is 0.116. The predicted molar refractivity (Wildman–Crippen MR) is 61.8 cm³/mol. The van der Waals surface area contributed by atoms with E-state index < -0.39 is 0 Å². The molecule has 86 valence electrons. The summed E-state index contributed by atoms with van der Waals surface area (Å²) in [5, 5.41) is 14.1. The third-order valence-corrected chi connectivity index (χ3v) is 2.75. The first-order valence-electron chi connectivity index (χ1n) is 5.76. The van der Waals surface area contributed by atoms with Crippen LogP contribution in [0.1, 0.15) is 38.6 Å². The minimum Gasteiger partial charge on any atom is -0.393 e. The van der Waals surface area contributed by atoms with E-state index in [9.17, 15) is 5.11 Å². The van der Waals surface area contributed by atoms with Crippen molar-refractivity contribution in [2.75, 3.05) is 0 Å². The third kappa shape index (κ3) is 3.34. The van der Waals surface area contributed by atoms with Gasteiger partial charge in [0, 0.05) is 12.2 Å². The van der Waals surface area contributed by atoms with E-state index >= 15 is 0 Å². The summed E-state index contributed by atoms with van der Waals surface area (Å²) >= 11 is 0. The van der Waals surface area contributed by atoms with Crippen LogP contribution in [-0.2, 0) is 13.0 Å². The molecule has 0 aromatic carbocycles. The second-order valence-electron chi connectivity index (χ2n) is 4.44. The molecule has 3 nitrogen and oxygen atoms in total. The molecular weight excluding hydrogens is 188 g/mol. The molecule has 0 saturated carbocycles. The summed E-state index contributed by atoms with van der Waals surface area (Å²) in [6.45, 7) is 9.10. The molecule has 1 N–H and O–H groups in total. The van der Waals surface area contributed by atoms with Gasteiger partial charge in [-0.05, 0) is 38.7 Å². The lowest BCUT2D eigenvalue weighted by Crippen LogP contribution is -2.16. The largest absolute Gasteiger partial charge is 0.393 e. The Balaban J connectivity index is 2.56. The van der Waals surface area contributed by atoms with Crippen molar-refractivity contribution < 1.29 is 5.11 Å². The first-order chi connectivity index (χ1) is 7.04. The van der Waals surface area contributed by atoms with Crippen LogP contribution in [-0.4, -0.2) is 21.0 Å². The molecule has 1 unspecified atom stereocenters. The minimum absolute atomic E-state index is 0.203. The number of aliphatic hydroxyl groups excluding tert-OH is 1. The number of hydrogen-bond acceptors (Lipinski definition) is 2. The first kappa shape index (κ1) is 12.2. The fourth-order valence-electron chi connectivity index (χ4n) is 1.70. The zero-order chi connectivity index (χ0) is 11.4. The molecule has 0 bridgehead atoms. The molecule has 1 aromatic heterocycles. The van der Waals surface area contributed by atoms with E-state index in [1.165, 1.54) is 5.69 Å². The standard InChI is InChI=1S/C12H22N2O/c1-5-14-11(8-10(4)13-14)6-7-12(15)9(2)3/h8-9,12,15H,5-7H2,1-4H3. The quantitative estimate of drug-likeness (QED) is 0.808. The van der Waals surface area contributed by atoms with Crippen LogP contribution in [0.3, 0.4) is 0 Å². The van der Waals surface area contributed by atoms with Crippen LogP contribution in [0.4, 0.5) is 0 Å². The van der Waals surface area contributed by atoms with Crippen LogP contribution in [0.5, 0.6) is 0 Å². The Morgan fingerprint density at radius 2 is 2.13 bits per heavy atom. The fraction of sp³-hybridized carbons (Fsp3) is 0.750. The summed E-state index contributed by atoms with van der Waals surface area (Å²) < 4.78 is 2.02. The highest BCUT2D eigenvalue weighted by Crippen LogP contribution is 2.12. The number of aliphatic hydroxyl groups is 1. The van der Waals surface area contributed by atoms with Crippen molar-refractivity contribution in [1.82, 2.24) is 9.78 Å². The van der Waals surface area contributed by atoms with Gasteiger partial charge in [-0.15, -0.1) is 0 Å². The lowest BCUT2D eigenvalue weighted by Gasteiger charge is -2.14. The van der Waals surface area contributed by atoms with Gasteiger partial charge in [-0.3, -0.25) is 4.68 Å². The molecule has 0 aliphatic rings. The molecular formula is C12H22N2O. The topological polar surface area (TPSA) is 38.0 Å². The summed E-state index contributed by atoms with van der Waals surface area (Å²) in [6.07, 6.45) is 1.53. The molecule has 1 heterocycles. The average molecular weight is 210 g/mol. The zero-order valence-electron chi connectivity index (χ0n) is 10.2. The van der Waals surface area contributed by atoms with Crippen LogP contribution in [0.25, 0.3) is 0 Å². The summed E-state index contributed by atoms with van der Waals surface area (Å²) in [6, 6.07) is 2.11. The molecule has 1 aromatic rings. The van der Waals surface area contributed by atoms with Gasteiger partial charge in [-0.1, -0.05) is 13.8 Å². The molecule has 0 aliphatic heterocycles. The SMILES string of the molecule is CCn1nc(C)cc1CCC(O)C(C)C. The highest BCUT2D eigenvalue weighted by Gasteiger charge is 2.11. The number of nitrogens with zero attached hydrogens (tertiary/aromatic N) is 2. The molecule has 1 atom stereocenters. The average Bonchev–Trinajstić information content (AvgIpc) is 2.55. The summed E-state index contributed by atoms with van der Waals surface area (Å²) in [4.78, 5) is 0. The van der Waals surface area contributed by atoms with Gasteiger partial charge < -0.3 is 5.11 Å². The normalized spacial score (nSPS) is 13.5. The van der Waals surface area contributed by atoms with E-state index in [1.54, 1.807) is 0 Å². The third-order valence-electron chi connectivity index (χ3n) is 2.75. The first-order valence-corrected chi connectivity index (χ1v) is 5.76. The van der Waals surface area contributed by atoms with Crippen molar-refractivity contribution in [3.8, 4) is 0 Å². The molecule has 0 fully saturated rings. The Hall–Kier alpha value is -0.830. The van der Waals surface area contributed by atoms with Crippen molar-refractivity contribution in [2.45, 2.75) is 53.2 Å². The van der Waals surface area contributed by atoms with Crippen LogP contribution >= 0.6 is 0 Å². The van der Waals surface area contributed by atoms with E-state index in [2.05, 4.69) is 18.1 Å². The predicted octanol–water partition coefficient (Wildman–Crippen LogP) is 2.16. The number of rotatable bonds is 5. The Morgan fingerprint density at radius 1 is 1.47 bits per heavy atom. The molecule has 0 radical (unpaired) electrons. The van der Waals surface area contributed by atoms with Gasteiger partial charge in [0.1, 0.15) is 0 Å². The number of aryl methyl sites for hydroxylation is 3. The Bertz CT molecular complexity index is 305. The summed E-state index contributed by atoms with van der Waals surface area (Å²) in [7, 11) is 0. The van der Waals surface area contributed by atoms with Crippen molar-refractivity contribution >= 4 is 0 Å². The molecule has 0 saturated heterocycles. The van der Waals surface area contributed by atoms with E-state index in [0.717, 1.165) is 25.1 Å². The van der Waals surface area contributed by atoms with Gasteiger partial charge in [0.15, 0.2) is 0 Å². The zero-order valence-corrected chi connectivity index (χ0v) is 10.2. The summed E-state index contributed by atoms with van der Waals surface area (Å²) in [5.74, 6) is 0.337. The minimum atomic E-state index is -0.203. The van der Waals surface area contributed by atoms with Crippen molar-refractivity contribution in [3.05, 3.63) is 17.5 Å². The molecule has 0 spiro atoms. The van der Waals surface area contributed by atoms with Crippen LogP contribution in [0, 0.1) is 12.8 Å². The van der Waals surface area contributed by atoms with Gasteiger partial charge >= 0.3 is 0 Å². The summed E-state index contributed by atoms with van der Waals surface area (Å²) in [5.41, 5.74) is 2.29. The number of aromatic nitrogens is 2. The van der Waals surface area contributed by atoms with Gasteiger partial charge in [-0.25, -0.2) is 0 Å². The van der Waals surface area contributed by atoms with E-state index in [-0.39, 0.29) is 6.10 Å². The van der Waals surface area contributed by atoms with Gasteiger partial charge in [0.05, 0.1) is 11.8 Å².